The van der Waals surface area contributed by atoms with Crippen LogP contribution < -0.4 is 4.74 Å². The Kier molecular flexibility index (Phi) is 6.45. The number of carbonyl (C=O) groups excluding carboxylic acids is 1. The van der Waals surface area contributed by atoms with Gasteiger partial charge in [0.05, 0.1) is 29.4 Å². The van der Waals surface area contributed by atoms with Crippen molar-refractivity contribution < 1.29 is 9.53 Å². The normalized spacial score (nSPS) is 14.5. The fraction of sp³-hybridized carbons (Fsp3) is 0.296. The average molecular weight is 490 g/mol. The zero-order chi connectivity index (χ0) is 24.5. The van der Waals surface area contributed by atoms with E-state index in [2.05, 4.69) is 10.00 Å². The summed E-state index contributed by atoms with van der Waals surface area (Å²) in [5.74, 6) is 0.846. The molecule has 180 valence electrons. The number of benzene rings is 2. The lowest BCUT2D eigenvalue weighted by Crippen LogP contribution is -2.48. The van der Waals surface area contributed by atoms with Crippen molar-refractivity contribution in [3.8, 4) is 17.0 Å². The molecule has 0 N–H and O–H groups in total. The third-order valence-corrected chi connectivity index (χ3v) is 6.80. The Balaban J connectivity index is 1.39. The number of nitrogens with zero attached hydrogens (tertiary/aromatic N) is 5. The molecule has 1 amide bonds. The molecule has 1 fully saturated rings. The number of pyridine rings is 1. The summed E-state index contributed by atoms with van der Waals surface area (Å²) in [6, 6.07) is 17.5. The second kappa shape index (κ2) is 9.68. The minimum absolute atomic E-state index is 0.0191. The van der Waals surface area contributed by atoms with Crippen LogP contribution >= 0.6 is 11.6 Å². The Bertz CT molecular complexity index is 1380. The van der Waals surface area contributed by atoms with Crippen molar-refractivity contribution in [3.05, 3.63) is 76.4 Å². The summed E-state index contributed by atoms with van der Waals surface area (Å²) < 4.78 is 7.25. The van der Waals surface area contributed by atoms with Gasteiger partial charge in [0.15, 0.2) is 5.65 Å². The molecule has 0 radical (unpaired) electrons. The number of aryl methyl sites for hydroxylation is 2. The van der Waals surface area contributed by atoms with Crippen LogP contribution in [0.1, 0.15) is 21.6 Å². The van der Waals surface area contributed by atoms with E-state index in [1.807, 2.05) is 73.5 Å². The number of carbonyl (C=O) groups is 1. The van der Waals surface area contributed by atoms with Crippen LogP contribution in [0.3, 0.4) is 0 Å². The summed E-state index contributed by atoms with van der Waals surface area (Å²) in [7, 11) is 3.54. The molecule has 7 nitrogen and oxygen atoms in total. The topological polar surface area (TPSA) is 63.5 Å². The highest BCUT2D eigenvalue weighted by atomic mass is 35.5. The van der Waals surface area contributed by atoms with E-state index in [9.17, 15) is 4.79 Å². The van der Waals surface area contributed by atoms with Crippen molar-refractivity contribution in [2.24, 2.45) is 7.05 Å². The SMILES string of the molecule is COc1ccc(Cl)cc1CN1CCN(C(=O)c2cc(-c3ccccc3)nc3c2c(C)nn3C)CC1. The highest BCUT2D eigenvalue weighted by Gasteiger charge is 2.26. The van der Waals surface area contributed by atoms with Crippen molar-refractivity contribution >= 4 is 28.5 Å². The van der Waals surface area contributed by atoms with Crippen LogP contribution in [0.5, 0.6) is 5.75 Å². The number of halogens is 1. The molecule has 2 aromatic heterocycles. The highest BCUT2D eigenvalue weighted by molar-refractivity contribution is 6.30. The number of fused-ring (bicyclic) bond motifs is 1. The van der Waals surface area contributed by atoms with Crippen molar-refractivity contribution in [2.75, 3.05) is 33.3 Å². The fourth-order valence-corrected chi connectivity index (χ4v) is 4.96. The van der Waals surface area contributed by atoms with Crippen LogP contribution in [0.4, 0.5) is 0 Å². The van der Waals surface area contributed by atoms with Crippen molar-refractivity contribution in [3.63, 3.8) is 0 Å². The van der Waals surface area contributed by atoms with E-state index in [4.69, 9.17) is 21.3 Å². The largest absolute Gasteiger partial charge is 0.496 e. The Morgan fingerprint density at radius 3 is 2.51 bits per heavy atom. The predicted octanol–water partition coefficient (Wildman–Crippen LogP) is 4.56. The summed E-state index contributed by atoms with van der Waals surface area (Å²) in [5, 5.41) is 6.06. The van der Waals surface area contributed by atoms with Gasteiger partial charge in [0.25, 0.3) is 5.91 Å². The first-order chi connectivity index (χ1) is 16.9. The van der Waals surface area contributed by atoms with Gasteiger partial charge in [-0.05, 0) is 31.2 Å². The minimum Gasteiger partial charge on any atom is -0.496 e. The number of piperazine rings is 1. The molecule has 0 unspecified atom stereocenters. The van der Waals surface area contributed by atoms with E-state index in [1.54, 1.807) is 11.8 Å². The van der Waals surface area contributed by atoms with E-state index >= 15 is 0 Å². The zero-order valence-corrected chi connectivity index (χ0v) is 20.9. The summed E-state index contributed by atoms with van der Waals surface area (Å²) in [4.78, 5) is 22.9. The molecule has 35 heavy (non-hydrogen) atoms. The van der Waals surface area contributed by atoms with E-state index in [-0.39, 0.29) is 5.91 Å². The van der Waals surface area contributed by atoms with Gasteiger partial charge in [0.1, 0.15) is 5.75 Å². The first kappa shape index (κ1) is 23.3. The quantitative estimate of drug-likeness (QED) is 0.411. The molecule has 0 bridgehead atoms. The number of aromatic nitrogens is 3. The van der Waals surface area contributed by atoms with Gasteiger partial charge < -0.3 is 9.64 Å². The van der Waals surface area contributed by atoms with Crippen molar-refractivity contribution in [1.29, 1.82) is 0 Å². The van der Waals surface area contributed by atoms with Gasteiger partial charge in [-0.15, -0.1) is 0 Å². The van der Waals surface area contributed by atoms with Gasteiger partial charge in [0, 0.05) is 55.9 Å². The summed E-state index contributed by atoms with van der Waals surface area (Å²) in [5.41, 5.74) is 4.99. The minimum atomic E-state index is 0.0191. The number of hydrogen-bond donors (Lipinski definition) is 0. The molecule has 1 aliphatic rings. The summed E-state index contributed by atoms with van der Waals surface area (Å²) in [6.07, 6.45) is 0. The Labute approximate surface area is 209 Å². The van der Waals surface area contributed by atoms with Gasteiger partial charge in [-0.3, -0.25) is 14.4 Å². The molecule has 5 rings (SSSR count). The second-order valence-corrected chi connectivity index (χ2v) is 9.29. The summed E-state index contributed by atoms with van der Waals surface area (Å²) in [6.45, 7) is 5.49. The van der Waals surface area contributed by atoms with Crippen molar-refractivity contribution in [2.45, 2.75) is 13.5 Å². The van der Waals surface area contributed by atoms with Gasteiger partial charge in [-0.1, -0.05) is 41.9 Å². The maximum absolute atomic E-state index is 13.8. The third-order valence-electron chi connectivity index (χ3n) is 6.56. The highest BCUT2D eigenvalue weighted by Crippen LogP contribution is 2.29. The van der Waals surface area contributed by atoms with E-state index in [1.165, 1.54) is 0 Å². The number of hydrogen-bond acceptors (Lipinski definition) is 5. The molecule has 4 aromatic rings. The number of methoxy groups -OCH3 is 1. The first-order valence-corrected chi connectivity index (χ1v) is 12.1. The van der Waals surface area contributed by atoms with Crippen LogP contribution in [0.25, 0.3) is 22.3 Å². The van der Waals surface area contributed by atoms with Gasteiger partial charge in [-0.2, -0.15) is 5.10 Å². The predicted molar refractivity (Wildman–Crippen MR) is 138 cm³/mol. The maximum Gasteiger partial charge on any atom is 0.254 e. The van der Waals surface area contributed by atoms with Gasteiger partial charge >= 0.3 is 0 Å². The molecular formula is C27H28ClN5O2. The molecule has 8 heteroatoms. The van der Waals surface area contributed by atoms with E-state index in [0.717, 1.165) is 58.9 Å². The van der Waals surface area contributed by atoms with Crippen LogP contribution in [-0.2, 0) is 13.6 Å². The number of rotatable bonds is 5. The maximum atomic E-state index is 13.8. The van der Waals surface area contributed by atoms with E-state index in [0.29, 0.717) is 23.7 Å². The van der Waals surface area contributed by atoms with Gasteiger partial charge in [-0.25, -0.2) is 4.98 Å². The molecule has 3 heterocycles. The molecule has 0 aliphatic carbocycles. The Morgan fingerprint density at radius 2 is 1.80 bits per heavy atom. The van der Waals surface area contributed by atoms with Crippen LogP contribution in [-0.4, -0.2) is 63.8 Å². The Morgan fingerprint density at radius 1 is 1.06 bits per heavy atom. The first-order valence-electron chi connectivity index (χ1n) is 11.7. The number of amides is 1. The van der Waals surface area contributed by atoms with E-state index < -0.39 is 0 Å². The lowest BCUT2D eigenvalue weighted by Gasteiger charge is -2.35. The molecule has 1 aliphatic heterocycles. The van der Waals surface area contributed by atoms with Crippen LogP contribution in [0, 0.1) is 6.92 Å². The second-order valence-electron chi connectivity index (χ2n) is 8.85. The molecule has 0 spiro atoms. The smallest absolute Gasteiger partial charge is 0.254 e. The molecule has 0 atom stereocenters. The monoisotopic (exact) mass is 489 g/mol. The van der Waals surface area contributed by atoms with Crippen LogP contribution in [0.2, 0.25) is 5.02 Å². The lowest BCUT2D eigenvalue weighted by atomic mass is 10.0. The Hall–Kier alpha value is -3.42. The van der Waals surface area contributed by atoms with Crippen molar-refractivity contribution in [1.82, 2.24) is 24.6 Å². The zero-order valence-electron chi connectivity index (χ0n) is 20.2. The fourth-order valence-electron chi connectivity index (χ4n) is 4.76. The molecule has 2 aromatic carbocycles. The van der Waals surface area contributed by atoms with Gasteiger partial charge in [0.2, 0.25) is 0 Å². The molecular weight excluding hydrogens is 462 g/mol. The lowest BCUT2D eigenvalue weighted by molar-refractivity contribution is 0.0629. The molecule has 0 saturated carbocycles. The third kappa shape index (κ3) is 4.61. The molecule has 1 saturated heterocycles. The van der Waals surface area contributed by atoms with Crippen LogP contribution in [0.15, 0.2) is 54.6 Å². The number of ether oxygens (including phenoxy) is 1. The average Bonchev–Trinajstić information content (AvgIpc) is 3.17. The summed E-state index contributed by atoms with van der Waals surface area (Å²) >= 11 is 6.20. The standard InChI is InChI=1S/C27H28ClN5O2/c1-18-25-22(16-23(19-7-5-4-6-8-19)29-26(25)31(2)30-18)27(34)33-13-11-32(12-14-33)17-20-15-21(28)9-10-24(20)35-3/h4-10,15-16H,11-14,17H2,1-3H3.